The van der Waals surface area contributed by atoms with Gasteiger partial charge in [-0.05, 0) is 36.1 Å². The zero-order chi connectivity index (χ0) is 15.2. The van der Waals surface area contributed by atoms with Gasteiger partial charge in [-0.15, -0.1) is 11.3 Å². The number of anilines is 1. The van der Waals surface area contributed by atoms with Crippen molar-refractivity contribution in [1.82, 2.24) is 0 Å². The molecule has 0 fully saturated rings. The Kier molecular flexibility index (Phi) is 4.94. The van der Waals surface area contributed by atoms with Crippen LogP contribution in [0.15, 0.2) is 35.7 Å². The van der Waals surface area contributed by atoms with Gasteiger partial charge in [-0.2, -0.15) is 0 Å². The number of nitrogens with one attached hydrogen (secondary N) is 1. The molecule has 6 heteroatoms. The summed E-state index contributed by atoms with van der Waals surface area (Å²) < 4.78 is 5.34. The van der Waals surface area contributed by atoms with Gasteiger partial charge in [0.2, 0.25) is 5.91 Å². The Bertz CT molecular complexity index is 635. The van der Waals surface area contributed by atoms with Crippen LogP contribution in [0.2, 0.25) is 0 Å². The number of ether oxygens (including phenoxy) is 1. The first-order valence-electron chi connectivity index (χ1n) is 6.49. The number of hydrogen-bond donors (Lipinski definition) is 2. The van der Waals surface area contributed by atoms with E-state index >= 15 is 0 Å². The number of rotatable bonds is 6. The Labute approximate surface area is 126 Å². The van der Waals surface area contributed by atoms with Gasteiger partial charge < -0.3 is 15.8 Å². The predicted octanol–water partition coefficient (Wildman–Crippen LogP) is 2.43. The first-order chi connectivity index (χ1) is 10.1. The van der Waals surface area contributed by atoms with Crippen LogP contribution in [0.25, 0.3) is 0 Å². The van der Waals surface area contributed by atoms with Crippen molar-refractivity contribution in [3.63, 3.8) is 0 Å². The molecule has 0 unspecified atom stereocenters. The average molecular weight is 304 g/mol. The highest BCUT2D eigenvalue weighted by Gasteiger charge is 2.12. The number of carbonyl (C=O) groups is 2. The van der Waals surface area contributed by atoms with E-state index in [0.717, 1.165) is 11.3 Å². The molecule has 3 N–H and O–H groups in total. The molecule has 0 atom stereocenters. The maximum Gasteiger partial charge on any atom is 0.251 e. The quantitative estimate of drug-likeness (QED) is 0.860. The number of primary amides is 1. The molecule has 0 aliphatic rings. The van der Waals surface area contributed by atoms with Crippen LogP contribution in [0.5, 0.6) is 5.75 Å². The first kappa shape index (κ1) is 15.1. The number of hydrogen-bond acceptors (Lipinski definition) is 4. The van der Waals surface area contributed by atoms with Crippen molar-refractivity contribution in [2.45, 2.75) is 13.3 Å². The van der Waals surface area contributed by atoms with Crippen LogP contribution in [0, 0.1) is 0 Å². The Balaban J connectivity index is 1.98. The summed E-state index contributed by atoms with van der Waals surface area (Å²) in [5.41, 5.74) is 6.44. The molecular weight excluding hydrogens is 288 g/mol. The van der Waals surface area contributed by atoms with E-state index in [1.54, 1.807) is 11.4 Å². The normalized spacial score (nSPS) is 10.1. The largest absolute Gasteiger partial charge is 0.494 e. The Morgan fingerprint density at radius 3 is 2.57 bits per heavy atom. The fourth-order valence-corrected chi connectivity index (χ4v) is 2.64. The second-order valence-electron chi connectivity index (χ2n) is 4.33. The Morgan fingerprint density at radius 1 is 1.24 bits per heavy atom. The fourth-order valence-electron chi connectivity index (χ4n) is 1.83. The van der Waals surface area contributed by atoms with Crippen molar-refractivity contribution in [3.8, 4) is 5.75 Å². The number of thiophene rings is 1. The molecule has 110 valence electrons. The van der Waals surface area contributed by atoms with E-state index in [-0.39, 0.29) is 12.3 Å². The lowest BCUT2D eigenvalue weighted by molar-refractivity contribution is -0.115. The minimum Gasteiger partial charge on any atom is -0.494 e. The van der Waals surface area contributed by atoms with E-state index in [9.17, 15) is 9.59 Å². The monoisotopic (exact) mass is 304 g/mol. The van der Waals surface area contributed by atoms with Crippen molar-refractivity contribution in [2.24, 2.45) is 5.73 Å². The van der Waals surface area contributed by atoms with Crippen LogP contribution >= 0.6 is 11.3 Å². The van der Waals surface area contributed by atoms with Crippen molar-refractivity contribution in [1.29, 1.82) is 0 Å². The van der Waals surface area contributed by atoms with Gasteiger partial charge in [-0.1, -0.05) is 12.1 Å². The molecule has 1 aromatic heterocycles. The molecule has 2 rings (SSSR count). The summed E-state index contributed by atoms with van der Waals surface area (Å²) in [6.45, 7) is 2.52. The molecule has 1 heterocycles. The van der Waals surface area contributed by atoms with E-state index in [1.807, 2.05) is 31.2 Å². The van der Waals surface area contributed by atoms with Crippen LogP contribution in [0.4, 0.5) is 5.00 Å². The molecule has 0 aliphatic carbocycles. The molecule has 0 saturated carbocycles. The Morgan fingerprint density at radius 2 is 1.95 bits per heavy atom. The van der Waals surface area contributed by atoms with Crippen LogP contribution in [-0.4, -0.2) is 18.4 Å². The zero-order valence-corrected chi connectivity index (χ0v) is 12.4. The summed E-state index contributed by atoms with van der Waals surface area (Å²) in [4.78, 5) is 23.2. The standard InChI is InChI=1S/C15H16N2O3S/c1-2-20-11-5-3-10(4-6-11)9-13(18)17-15-12(14(16)19)7-8-21-15/h3-8H,2,9H2,1H3,(H2,16,19)(H,17,18). The minimum absolute atomic E-state index is 0.191. The lowest BCUT2D eigenvalue weighted by Gasteiger charge is -2.06. The van der Waals surface area contributed by atoms with E-state index in [0.29, 0.717) is 17.2 Å². The molecule has 1 aromatic carbocycles. The molecule has 5 nitrogen and oxygen atoms in total. The highest BCUT2D eigenvalue weighted by Crippen LogP contribution is 2.23. The lowest BCUT2D eigenvalue weighted by Crippen LogP contribution is -2.17. The van der Waals surface area contributed by atoms with Crippen molar-refractivity contribution in [2.75, 3.05) is 11.9 Å². The maximum atomic E-state index is 12.0. The summed E-state index contributed by atoms with van der Waals surface area (Å²) >= 11 is 1.27. The van der Waals surface area contributed by atoms with Crippen LogP contribution in [0.3, 0.4) is 0 Å². The van der Waals surface area contributed by atoms with Gasteiger partial charge in [0.1, 0.15) is 10.8 Å². The van der Waals surface area contributed by atoms with Crippen molar-refractivity contribution < 1.29 is 14.3 Å². The van der Waals surface area contributed by atoms with Gasteiger partial charge in [-0.25, -0.2) is 0 Å². The fraction of sp³-hybridized carbons (Fsp3) is 0.200. The second-order valence-corrected chi connectivity index (χ2v) is 5.25. The van der Waals surface area contributed by atoms with Gasteiger partial charge in [-0.3, -0.25) is 9.59 Å². The van der Waals surface area contributed by atoms with Gasteiger partial charge in [0.25, 0.3) is 5.91 Å². The SMILES string of the molecule is CCOc1ccc(CC(=O)Nc2sccc2C(N)=O)cc1. The molecular formula is C15H16N2O3S. The first-order valence-corrected chi connectivity index (χ1v) is 7.37. The number of amides is 2. The molecule has 21 heavy (non-hydrogen) atoms. The molecule has 0 saturated heterocycles. The third-order valence-corrected chi connectivity index (χ3v) is 3.61. The molecule has 0 radical (unpaired) electrons. The van der Waals surface area contributed by atoms with E-state index in [4.69, 9.17) is 10.5 Å². The van der Waals surface area contributed by atoms with E-state index in [2.05, 4.69) is 5.32 Å². The van der Waals surface area contributed by atoms with Crippen LogP contribution in [-0.2, 0) is 11.2 Å². The van der Waals surface area contributed by atoms with Gasteiger partial charge >= 0.3 is 0 Å². The summed E-state index contributed by atoms with van der Waals surface area (Å²) in [6.07, 6.45) is 0.225. The van der Waals surface area contributed by atoms with Gasteiger partial charge in [0.15, 0.2) is 0 Å². The topological polar surface area (TPSA) is 81.4 Å². The summed E-state index contributed by atoms with van der Waals surface area (Å²) in [6, 6.07) is 8.93. The highest BCUT2D eigenvalue weighted by molar-refractivity contribution is 7.14. The minimum atomic E-state index is -0.549. The van der Waals surface area contributed by atoms with Crippen molar-refractivity contribution >= 4 is 28.2 Å². The predicted molar refractivity (Wildman–Crippen MR) is 82.8 cm³/mol. The van der Waals surface area contributed by atoms with Gasteiger partial charge in [0.05, 0.1) is 18.6 Å². The third kappa shape index (κ3) is 4.06. The summed E-state index contributed by atoms with van der Waals surface area (Å²) in [5.74, 6) is 0.0349. The molecule has 2 aromatic rings. The maximum absolute atomic E-state index is 12.0. The van der Waals surface area contributed by atoms with Crippen molar-refractivity contribution in [3.05, 3.63) is 46.8 Å². The lowest BCUT2D eigenvalue weighted by atomic mass is 10.1. The second kappa shape index (κ2) is 6.90. The highest BCUT2D eigenvalue weighted by atomic mass is 32.1. The molecule has 2 amide bonds. The Hall–Kier alpha value is -2.34. The van der Waals surface area contributed by atoms with E-state index < -0.39 is 5.91 Å². The van der Waals surface area contributed by atoms with E-state index in [1.165, 1.54) is 11.3 Å². The summed E-state index contributed by atoms with van der Waals surface area (Å²) in [5, 5.41) is 4.91. The number of nitrogens with two attached hydrogens (primary N) is 1. The number of benzene rings is 1. The van der Waals surface area contributed by atoms with Crippen LogP contribution < -0.4 is 15.8 Å². The van der Waals surface area contributed by atoms with Gasteiger partial charge in [0, 0.05) is 0 Å². The molecule has 0 bridgehead atoms. The number of carbonyl (C=O) groups excluding carboxylic acids is 2. The zero-order valence-electron chi connectivity index (χ0n) is 11.6. The average Bonchev–Trinajstić information content (AvgIpc) is 2.89. The molecule has 0 aliphatic heterocycles. The third-order valence-electron chi connectivity index (χ3n) is 2.78. The smallest absolute Gasteiger partial charge is 0.251 e. The van der Waals surface area contributed by atoms with Crippen LogP contribution in [0.1, 0.15) is 22.8 Å². The summed E-state index contributed by atoms with van der Waals surface area (Å²) in [7, 11) is 0. The molecule has 0 spiro atoms.